The molecule has 3 rings (SSSR count). The highest BCUT2D eigenvalue weighted by Gasteiger charge is 2.24. The highest BCUT2D eigenvalue weighted by atomic mass is 79.9. The molecule has 4 nitrogen and oxygen atoms in total. The smallest absolute Gasteiger partial charge is 0.359 e. The van der Waals surface area contributed by atoms with E-state index in [1.54, 1.807) is 29.7 Å². The van der Waals surface area contributed by atoms with E-state index in [1.807, 2.05) is 30.3 Å². The van der Waals surface area contributed by atoms with Crippen molar-refractivity contribution in [1.29, 1.82) is 0 Å². The fourth-order valence-corrected chi connectivity index (χ4v) is 3.43. The third-order valence-corrected chi connectivity index (χ3v) is 4.77. The van der Waals surface area contributed by atoms with Crippen molar-refractivity contribution in [3.63, 3.8) is 0 Å². The van der Waals surface area contributed by atoms with Crippen molar-refractivity contribution in [2.45, 2.75) is 6.92 Å². The molecule has 1 aromatic heterocycles. The van der Waals surface area contributed by atoms with Gasteiger partial charge in [0.25, 0.3) is 0 Å². The summed E-state index contributed by atoms with van der Waals surface area (Å²) in [7, 11) is 0. The van der Waals surface area contributed by atoms with Crippen molar-refractivity contribution < 1.29 is 9.53 Å². The van der Waals surface area contributed by atoms with Crippen LogP contribution in [0.25, 0.3) is 17.1 Å². The zero-order valence-electron chi connectivity index (χ0n) is 13.2. The number of aromatic nitrogens is 2. The van der Waals surface area contributed by atoms with E-state index in [4.69, 9.17) is 27.9 Å². The summed E-state index contributed by atoms with van der Waals surface area (Å²) < 4.78 is 7.35. The molecule has 0 spiro atoms. The van der Waals surface area contributed by atoms with Gasteiger partial charge >= 0.3 is 5.97 Å². The summed E-state index contributed by atoms with van der Waals surface area (Å²) in [6.07, 6.45) is 0. The van der Waals surface area contributed by atoms with Gasteiger partial charge in [-0.1, -0.05) is 41.4 Å². The van der Waals surface area contributed by atoms with Gasteiger partial charge in [-0.2, -0.15) is 0 Å². The third kappa shape index (κ3) is 3.59. The van der Waals surface area contributed by atoms with Gasteiger partial charge < -0.3 is 4.74 Å². The molecular weight excluding hydrogens is 427 g/mol. The fraction of sp³-hybridized carbons (Fsp3) is 0.111. The highest BCUT2D eigenvalue weighted by Crippen LogP contribution is 2.34. The van der Waals surface area contributed by atoms with Crippen LogP contribution >= 0.6 is 39.1 Å². The summed E-state index contributed by atoms with van der Waals surface area (Å²) in [4.78, 5) is 16.7. The summed E-state index contributed by atoms with van der Waals surface area (Å²) in [6, 6.07) is 14.5. The Labute approximate surface area is 163 Å². The summed E-state index contributed by atoms with van der Waals surface area (Å²) >= 11 is 15.9. The fourth-order valence-electron chi connectivity index (χ4n) is 2.40. The molecule has 7 heteroatoms. The largest absolute Gasteiger partial charge is 0.461 e. The average molecular weight is 440 g/mol. The number of hydrogen-bond acceptors (Lipinski definition) is 3. The second kappa shape index (κ2) is 7.60. The lowest BCUT2D eigenvalue weighted by atomic mass is 10.2. The molecule has 0 unspecified atom stereocenters. The number of esters is 1. The maximum absolute atomic E-state index is 12.3. The first kappa shape index (κ1) is 18.0. The monoisotopic (exact) mass is 438 g/mol. The van der Waals surface area contributed by atoms with Crippen LogP contribution in [0.3, 0.4) is 0 Å². The molecule has 0 aliphatic carbocycles. The Morgan fingerprint density at radius 1 is 1.20 bits per heavy atom. The number of nitrogens with zero attached hydrogens (tertiary/aromatic N) is 2. The minimum atomic E-state index is -0.511. The molecule has 0 aliphatic rings. The number of rotatable bonds is 4. The van der Waals surface area contributed by atoms with Gasteiger partial charge in [0.05, 0.1) is 11.6 Å². The number of carbonyl (C=O) groups is 1. The van der Waals surface area contributed by atoms with E-state index in [2.05, 4.69) is 20.9 Å². The third-order valence-electron chi connectivity index (χ3n) is 3.47. The average Bonchev–Trinajstić information content (AvgIpc) is 2.93. The predicted octanol–water partition coefficient (Wildman–Crippen LogP) is 5.79. The quantitative estimate of drug-likeness (QED) is 0.483. The molecule has 25 heavy (non-hydrogen) atoms. The van der Waals surface area contributed by atoms with Gasteiger partial charge in [0.2, 0.25) is 0 Å². The van der Waals surface area contributed by atoms with E-state index in [-0.39, 0.29) is 12.3 Å². The molecule has 0 aliphatic heterocycles. The van der Waals surface area contributed by atoms with E-state index in [0.717, 1.165) is 5.69 Å². The molecular formula is C18H13BrCl2N2O2. The Morgan fingerprint density at radius 2 is 1.96 bits per heavy atom. The maximum atomic E-state index is 12.3. The first-order chi connectivity index (χ1) is 12.0. The lowest BCUT2D eigenvalue weighted by molar-refractivity contribution is 0.0519. The van der Waals surface area contributed by atoms with Gasteiger partial charge in [0.15, 0.2) is 5.69 Å². The second-order valence-electron chi connectivity index (χ2n) is 5.09. The summed E-state index contributed by atoms with van der Waals surface area (Å²) in [5.41, 5.74) is 1.62. The lowest BCUT2D eigenvalue weighted by Gasteiger charge is -2.11. The first-order valence-corrected chi connectivity index (χ1v) is 9.04. The number of hydrogen-bond donors (Lipinski definition) is 0. The number of halogens is 3. The molecule has 0 saturated heterocycles. The van der Waals surface area contributed by atoms with Crippen LogP contribution in [0.15, 0.2) is 53.1 Å². The normalized spacial score (nSPS) is 10.7. The van der Waals surface area contributed by atoms with Crippen molar-refractivity contribution in [2.24, 2.45) is 0 Å². The van der Waals surface area contributed by atoms with Gasteiger partial charge in [-0.05, 0) is 53.2 Å². The minimum absolute atomic E-state index is 0.178. The lowest BCUT2D eigenvalue weighted by Crippen LogP contribution is -2.06. The Bertz CT molecular complexity index is 941. The van der Waals surface area contributed by atoms with Gasteiger partial charge in [0, 0.05) is 16.3 Å². The van der Waals surface area contributed by atoms with Crippen LogP contribution < -0.4 is 0 Å². The highest BCUT2D eigenvalue weighted by molar-refractivity contribution is 9.10. The molecule has 0 bridgehead atoms. The van der Waals surface area contributed by atoms with E-state index < -0.39 is 5.97 Å². The summed E-state index contributed by atoms with van der Waals surface area (Å²) in [5.74, 6) is 0.00579. The van der Waals surface area contributed by atoms with Gasteiger partial charge in [0.1, 0.15) is 10.4 Å². The molecule has 0 saturated carbocycles. The zero-order valence-corrected chi connectivity index (χ0v) is 16.3. The van der Waals surface area contributed by atoms with Crippen LogP contribution in [0, 0.1) is 0 Å². The number of ether oxygens (including phenoxy) is 1. The Kier molecular flexibility index (Phi) is 5.47. The molecule has 0 amide bonds. The Morgan fingerprint density at radius 3 is 2.64 bits per heavy atom. The van der Waals surface area contributed by atoms with Crippen LogP contribution in [0.4, 0.5) is 0 Å². The molecule has 128 valence electrons. The summed E-state index contributed by atoms with van der Waals surface area (Å²) in [5, 5.41) is 1.10. The van der Waals surface area contributed by atoms with E-state index in [0.29, 0.717) is 26.0 Å². The van der Waals surface area contributed by atoms with E-state index >= 15 is 0 Å². The topological polar surface area (TPSA) is 44.1 Å². The molecule has 1 heterocycles. The number of imidazole rings is 1. The molecule has 0 fully saturated rings. The van der Waals surface area contributed by atoms with Crippen molar-refractivity contribution in [3.05, 3.63) is 68.9 Å². The van der Waals surface area contributed by atoms with Crippen LogP contribution in [0.1, 0.15) is 17.4 Å². The van der Waals surface area contributed by atoms with Crippen LogP contribution in [-0.2, 0) is 4.74 Å². The van der Waals surface area contributed by atoms with Gasteiger partial charge in [-0.3, -0.25) is 4.57 Å². The maximum Gasteiger partial charge on any atom is 0.359 e. The van der Waals surface area contributed by atoms with Crippen molar-refractivity contribution >= 4 is 45.1 Å². The Hall–Kier alpha value is -1.82. The van der Waals surface area contributed by atoms with Crippen LogP contribution in [0.5, 0.6) is 0 Å². The SMILES string of the molecule is CCOC(=O)c1nc(-c2ccccc2Cl)n(-c2cccc(Cl)c2)c1Br. The predicted molar refractivity (Wildman–Crippen MR) is 103 cm³/mol. The molecule has 0 N–H and O–H groups in total. The summed E-state index contributed by atoms with van der Waals surface area (Å²) in [6.45, 7) is 2.01. The van der Waals surface area contributed by atoms with Crippen molar-refractivity contribution in [1.82, 2.24) is 9.55 Å². The minimum Gasteiger partial charge on any atom is -0.461 e. The van der Waals surface area contributed by atoms with E-state index in [9.17, 15) is 4.79 Å². The van der Waals surface area contributed by atoms with Crippen molar-refractivity contribution in [3.8, 4) is 17.1 Å². The van der Waals surface area contributed by atoms with Gasteiger partial charge in [-0.25, -0.2) is 9.78 Å². The molecule has 3 aromatic rings. The molecule has 2 aromatic carbocycles. The van der Waals surface area contributed by atoms with Crippen molar-refractivity contribution in [2.75, 3.05) is 6.61 Å². The van der Waals surface area contributed by atoms with Crippen LogP contribution in [0.2, 0.25) is 10.0 Å². The second-order valence-corrected chi connectivity index (χ2v) is 6.69. The van der Waals surface area contributed by atoms with Gasteiger partial charge in [-0.15, -0.1) is 0 Å². The Balaban J connectivity index is 2.28. The standard InChI is InChI=1S/C18H13BrCl2N2O2/c1-2-25-18(24)15-16(19)23(12-7-5-6-11(20)10-12)17(22-15)13-8-3-4-9-14(13)21/h3-10H,2H2,1H3. The molecule has 0 atom stereocenters. The van der Waals surface area contributed by atoms with E-state index in [1.165, 1.54) is 0 Å². The molecule has 0 radical (unpaired) electrons. The number of carbonyl (C=O) groups excluding carboxylic acids is 1. The number of benzene rings is 2. The van der Waals surface area contributed by atoms with Crippen LogP contribution in [-0.4, -0.2) is 22.1 Å². The zero-order chi connectivity index (χ0) is 18.0. The first-order valence-electron chi connectivity index (χ1n) is 7.49.